The summed E-state index contributed by atoms with van der Waals surface area (Å²) in [4.78, 5) is 18.2. The second-order valence-electron chi connectivity index (χ2n) is 4.92. The fraction of sp³-hybridized carbons (Fsp3) is 0.727. The van der Waals surface area contributed by atoms with Gasteiger partial charge in [0.15, 0.2) is 0 Å². The van der Waals surface area contributed by atoms with Crippen molar-refractivity contribution in [3.05, 3.63) is 11.6 Å². The van der Waals surface area contributed by atoms with Gasteiger partial charge in [-0.1, -0.05) is 13.8 Å². The van der Waals surface area contributed by atoms with Gasteiger partial charge in [-0.3, -0.25) is 9.89 Å². The summed E-state index contributed by atoms with van der Waals surface area (Å²) >= 11 is 0. The van der Waals surface area contributed by atoms with Gasteiger partial charge in [0, 0.05) is 18.5 Å². The summed E-state index contributed by atoms with van der Waals surface area (Å²) in [5.74, 6) is 1.05. The van der Waals surface area contributed by atoms with Crippen LogP contribution in [0, 0.1) is 0 Å². The van der Waals surface area contributed by atoms with Crippen LogP contribution in [0.3, 0.4) is 0 Å². The highest BCUT2D eigenvalue weighted by atomic mass is 16.2. The lowest BCUT2D eigenvalue weighted by Crippen LogP contribution is -2.37. The molecule has 94 valence electrons. The molecule has 6 heteroatoms. The largest absolute Gasteiger partial charge is 0.345 e. The molecule has 1 aromatic rings. The van der Waals surface area contributed by atoms with Crippen LogP contribution in [0.1, 0.15) is 42.6 Å². The zero-order valence-corrected chi connectivity index (χ0v) is 10.5. The van der Waals surface area contributed by atoms with Crippen molar-refractivity contribution in [2.24, 2.45) is 0 Å². The van der Waals surface area contributed by atoms with Gasteiger partial charge in [0.1, 0.15) is 5.82 Å². The molecule has 2 rings (SSSR count). The maximum atomic E-state index is 11.9. The summed E-state index contributed by atoms with van der Waals surface area (Å²) in [5.41, 5.74) is 0. The van der Waals surface area contributed by atoms with E-state index in [0.717, 1.165) is 25.3 Å². The van der Waals surface area contributed by atoms with E-state index in [1.165, 1.54) is 0 Å². The lowest BCUT2D eigenvalue weighted by Gasteiger charge is -2.10. The molecule has 0 spiro atoms. The number of aromatic amines is 1. The molecule has 17 heavy (non-hydrogen) atoms. The van der Waals surface area contributed by atoms with Crippen LogP contribution < -0.4 is 5.32 Å². The number of likely N-dealkylation sites (N-methyl/N-ethyl adjacent to an activating group) is 1. The summed E-state index contributed by atoms with van der Waals surface area (Å²) in [6.07, 6.45) is 0.990. The number of hydrogen-bond donors (Lipinski definition) is 2. The maximum Gasteiger partial charge on any atom is 0.291 e. The number of carbonyl (C=O) groups is 1. The molecule has 1 aromatic heterocycles. The van der Waals surface area contributed by atoms with Crippen molar-refractivity contribution in [2.45, 2.75) is 32.2 Å². The number of nitrogens with one attached hydrogen (secondary N) is 2. The van der Waals surface area contributed by atoms with Crippen molar-refractivity contribution >= 4 is 5.91 Å². The Kier molecular flexibility index (Phi) is 3.42. The first kappa shape index (κ1) is 12.0. The predicted octanol–water partition coefficient (Wildman–Crippen LogP) is 0.362. The number of hydrogen-bond acceptors (Lipinski definition) is 4. The summed E-state index contributed by atoms with van der Waals surface area (Å²) < 4.78 is 0. The van der Waals surface area contributed by atoms with Gasteiger partial charge in [0.2, 0.25) is 5.82 Å². The Hall–Kier alpha value is -1.43. The van der Waals surface area contributed by atoms with E-state index in [-0.39, 0.29) is 23.7 Å². The van der Waals surface area contributed by atoms with Crippen molar-refractivity contribution in [1.82, 2.24) is 25.4 Å². The van der Waals surface area contributed by atoms with Crippen molar-refractivity contribution in [3.8, 4) is 0 Å². The molecular formula is C11H19N5O. The first-order chi connectivity index (χ1) is 8.06. The highest BCUT2D eigenvalue weighted by molar-refractivity contribution is 5.90. The Morgan fingerprint density at radius 3 is 2.88 bits per heavy atom. The average Bonchev–Trinajstić information content (AvgIpc) is 2.86. The van der Waals surface area contributed by atoms with Crippen LogP contribution in [0.5, 0.6) is 0 Å². The fourth-order valence-corrected chi connectivity index (χ4v) is 1.94. The minimum atomic E-state index is -0.187. The zero-order chi connectivity index (χ0) is 12.4. The van der Waals surface area contributed by atoms with E-state index in [1.807, 2.05) is 13.8 Å². The Morgan fingerprint density at radius 1 is 1.59 bits per heavy atom. The van der Waals surface area contributed by atoms with E-state index >= 15 is 0 Å². The molecule has 0 aromatic carbocycles. The monoisotopic (exact) mass is 237 g/mol. The standard InChI is InChI=1S/C11H19N5O/c1-7(2)9-13-10(15-14-9)11(17)12-8-4-5-16(3)6-8/h7-8H,4-6H2,1-3H3,(H,12,17)(H,13,14,15). The normalized spacial score (nSPS) is 21.1. The Morgan fingerprint density at radius 2 is 2.35 bits per heavy atom. The first-order valence-electron chi connectivity index (χ1n) is 5.98. The quantitative estimate of drug-likeness (QED) is 0.796. The van der Waals surface area contributed by atoms with E-state index in [4.69, 9.17) is 0 Å². The van der Waals surface area contributed by atoms with Crippen molar-refractivity contribution in [1.29, 1.82) is 0 Å². The Balaban J connectivity index is 1.95. The fourth-order valence-electron chi connectivity index (χ4n) is 1.94. The molecule has 0 saturated carbocycles. The minimum absolute atomic E-state index is 0.187. The molecule has 0 aliphatic carbocycles. The van der Waals surface area contributed by atoms with E-state index in [0.29, 0.717) is 0 Å². The van der Waals surface area contributed by atoms with Crippen LogP contribution in [0.2, 0.25) is 0 Å². The third-order valence-electron chi connectivity index (χ3n) is 2.98. The smallest absolute Gasteiger partial charge is 0.291 e. The number of likely N-dealkylation sites (tertiary alicyclic amines) is 1. The number of aromatic nitrogens is 3. The molecule has 0 radical (unpaired) electrons. The summed E-state index contributed by atoms with van der Waals surface area (Å²) in [6.45, 7) is 5.94. The molecule has 1 atom stereocenters. The second-order valence-corrected chi connectivity index (χ2v) is 4.92. The lowest BCUT2D eigenvalue weighted by molar-refractivity contribution is 0.0928. The van der Waals surface area contributed by atoms with Crippen LogP contribution >= 0.6 is 0 Å². The second kappa shape index (κ2) is 4.83. The molecule has 6 nitrogen and oxygen atoms in total. The minimum Gasteiger partial charge on any atom is -0.345 e. The summed E-state index contributed by atoms with van der Waals surface area (Å²) in [5, 5.41) is 9.68. The molecule has 1 unspecified atom stereocenters. The van der Waals surface area contributed by atoms with E-state index in [2.05, 4.69) is 32.4 Å². The molecule has 1 saturated heterocycles. The van der Waals surface area contributed by atoms with Gasteiger partial charge >= 0.3 is 0 Å². The number of nitrogens with zero attached hydrogens (tertiary/aromatic N) is 3. The van der Waals surface area contributed by atoms with Crippen LogP contribution in [-0.4, -0.2) is 52.2 Å². The highest BCUT2D eigenvalue weighted by Gasteiger charge is 2.23. The van der Waals surface area contributed by atoms with Crippen LogP contribution in [0.25, 0.3) is 0 Å². The zero-order valence-electron chi connectivity index (χ0n) is 10.5. The molecule has 0 bridgehead atoms. The molecule has 2 heterocycles. The topological polar surface area (TPSA) is 73.9 Å². The molecule has 1 aliphatic heterocycles. The third-order valence-corrected chi connectivity index (χ3v) is 2.98. The van der Waals surface area contributed by atoms with Crippen LogP contribution in [0.15, 0.2) is 0 Å². The number of rotatable bonds is 3. The van der Waals surface area contributed by atoms with Crippen molar-refractivity contribution in [3.63, 3.8) is 0 Å². The highest BCUT2D eigenvalue weighted by Crippen LogP contribution is 2.09. The van der Waals surface area contributed by atoms with Gasteiger partial charge in [-0.05, 0) is 20.0 Å². The van der Waals surface area contributed by atoms with Crippen molar-refractivity contribution in [2.75, 3.05) is 20.1 Å². The molecule has 1 amide bonds. The van der Waals surface area contributed by atoms with E-state index < -0.39 is 0 Å². The van der Waals surface area contributed by atoms with Gasteiger partial charge < -0.3 is 10.2 Å². The maximum absolute atomic E-state index is 11.9. The molecule has 2 N–H and O–H groups in total. The Bertz CT molecular complexity index is 400. The average molecular weight is 237 g/mol. The number of amides is 1. The number of H-pyrrole nitrogens is 1. The third kappa shape index (κ3) is 2.82. The lowest BCUT2D eigenvalue weighted by atomic mass is 10.2. The van der Waals surface area contributed by atoms with Gasteiger partial charge in [-0.25, -0.2) is 4.98 Å². The predicted molar refractivity (Wildman–Crippen MR) is 63.8 cm³/mol. The summed E-state index contributed by atoms with van der Waals surface area (Å²) in [6, 6.07) is 0.216. The van der Waals surface area contributed by atoms with Crippen LogP contribution in [-0.2, 0) is 0 Å². The van der Waals surface area contributed by atoms with Gasteiger partial charge in [-0.15, -0.1) is 5.10 Å². The van der Waals surface area contributed by atoms with Gasteiger partial charge in [-0.2, -0.15) is 0 Å². The van der Waals surface area contributed by atoms with Crippen LogP contribution in [0.4, 0.5) is 0 Å². The van der Waals surface area contributed by atoms with Gasteiger partial charge in [0.05, 0.1) is 0 Å². The SMILES string of the molecule is CC(C)c1nc(C(=O)NC2CCN(C)C2)n[nH]1. The van der Waals surface area contributed by atoms with E-state index in [1.54, 1.807) is 0 Å². The molecular weight excluding hydrogens is 218 g/mol. The Labute approximate surface area is 101 Å². The number of carbonyl (C=O) groups excluding carboxylic acids is 1. The van der Waals surface area contributed by atoms with E-state index in [9.17, 15) is 4.79 Å². The molecule has 1 aliphatic rings. The van der Waals surface area contributed by atoms with Gasteiger partial charge in [0.25, 0.3) is 5.91 Å². The van der Waals surface area contributed by atoms with Crippen molar-refractivity contribution < 1.29 is 4.79 Å². The molecule has 1 fully saturated rings. The summed E-state index contributed by atoms with van der Waals surface area (Å²) in [7, 11) is 2.05. The first-order valence-corrected chi connectivity index (χ1v) is 5.98.